The van der Waals surface area contributed by atoms with E-state index in [0.717, 1.165) is 35.5 Å². The smallest absolute Gasteiger partial charge is 0.119 e. The Labute approximate surface area is 125 Å². The van der Waals surface area contributed by atoms with Crippen molar-refractivity contribution in [1.29, 1.82) is 0 Å². The molecule has 2 aromatic carbocycles. The monoisotopic (exact) mass is 283 g/mol. The van der Waals surface area contributed by atoms with Gasteiger partial charge < -0.3 is 15.2 Å². The van der Waals surface area contributed by atoms with Crippen LogP contribution in [0, 0.1) is 0 Å². The van der Waals surface area contributed by atoms with Crippen molar-refractivity contribution in [1.82, 2.24) is 0 Å². The van der Waals surface area contributed by atoms with Crippen LogP contribution in [0.2, 0.25) is 0 Å². The van der Waals surface area contributed by atoms with Crippen LogP contribution < -0.4 is 15.2 Å². The summed E-state index contributed by atoms with van der Waals surface area (Å²) in [6, 6.07) is 14.3. The van der Waals surface area contributed by atoms with Gasteiger partial charge in [-0.15, -0.1) is 0 Å². The van der Waals surface area contributed by atoms with Crippen molar-refractivity contribution in [3.63, 3.8) is 0 Å². The second kappa shape index (κ2) is 5.41. The van der Waals surface area contributed by atoms with Crippen molar-refractivity contribution in [2.45, 2.75) is 25.3 Å². The first kappa shape index (κ1) is 14.0. The third-order valence-corrected chi connectivity index (χ3v) is 4.25. The Morgan fingerprint density at radius 2 is 2.00 bits per heavy atom. The number of rotatable bonds is 4. The molecule has 0 spiro atoms. The Morgan fingerprint density at radius 1 is 1.14 bits per heavy atom. The predicted molar refractivity (Wildman–Crippen MR) is 83.9 cm³/mol. The van der Waals surface area contributed by atoms with Crippen LogP contribution in [-0.2, 0) is 12.0 Å². The van der Waals surface area contributed by atoms with Crippen LogP contribution in [0.25, 0.3) is 0 Å². The van der Waals surface area contributed by atoms with E-state index in [9.17, 15) is 0 Å². The first-order valence-electron chi connectivity index (χ1n) is 7.37. The maximum Gasteiger partial charge on any atom is 0.119 e. The van der Waals surface area contributed by atoms with Crippen LogP contribution in [-0.4, -0.2) is 13.7 Å². The lowest BCUT2D eigenvalue weighted by Crippen LogP contribution is -2.35. The molecule has 1 aliphatic carbocycles. The minimum atomic E-state index is -0.461. The van der Waals surface area contributed by atoms with Crippen LogP contribution in [0.3, 0.4) is 0 Å². The van der Waals surface area contributed by atoms with E-state index >= 15 is 0 Å². The Morgan fingerprint density at radius 3 is 2.76 bits per heavy atom. The molecule has 110 valence electrons. The molecule has 0 aliphatic heterocycles. The van der Waals surface area contributed by atoms with Gasteiger partial charge in [0.05, 0.1) is 19.3 Å². The summed E-state index contributed by atoms with van der Waals surface area (Å²) in [5.74, 6) is 1.72. The first-order chi connectivity index (χ1) is 10.2. The molecule has 1 aliphatic rings. The molecule has 3 nitrogen and oxygen atoms in total. The molecule has 2 aromatic rings. The summed E-state index contributed by atoms with van der Waals surface area (Å²) < 4.78 is 11.0. The second-order valence-electron chi connectivity index (χ2n) is 5.46. The average molecular weight is 283 g/mol. The molecule has 0 fully saturated rings. The van der Waals surface area contributed by atoms with Crippen molar-refractivity contribution in [2.75, 3.05) is 13.7 Å². The number of hydrogen-bond acceptors (Lipinski definition) is 3. The standard InChI is InChI=1S/C18H21NO2/c1-3-21-16-6-4-5-14(11-16)18(19)10-9-13-7-8-15(20-2)12-17(13)18/h4-8,11-12H,3,9-10,19H2,1-2H3. The zero-order chi connectivity index (χ0) is 14.9. The molecule has 3 rings (SSSR count). The summed E-state index contributed by atoms with van der Waals surface area (Å²) in [5.41, 5.74) is 9.87. The normalized spacial score (nSPS) is 20.1. The molecule has 3 heteroatoms. The van der Waals surface area contributed by atoms with Crippen LogP contribution in [0.15, 0.2) is 42.5 Å². The minimum Gasteiger partial charge on any atom is -0.497 e. The Balaban J connectivity index is 2.05. The Bertz CT molecular complexity index is 653. The average Bonchev–Trinajstić information content (AvgIpc) is 2.86. The van der Waals surface area contributed by atoms with Crippen LogP contribution in [0.4, 0.5) is 0 Å². The van der Waals surface area contributed by atoms with Gasteiger partial charge in [-0.25, -0.2) is 0 Å². The van der Waals surface area contributed by atoms with Gasteiger partial charge in [0.2, 0.25) is 0 Å². The van der Waals surface area contributed by atoms with Gasteiger partial charge in [-0.05, 0) is 60.7 Å². The van der Waals surface area contributed by atoms with E-state index in [1.54, 1.807) is 7.11 Å². The number of hydrogen-bond donors (Lipinski definition) is 1. The Kier molecular flexibility index (Phi) is 3.60. The quantitative estimate of drug-likeness (QED) is 0.937. The first-order valence-corrected chi connectivity index (χ1v) is 7.37. The largest absolute Gasteiger partial charge is 0.497 e. The van der Waals surface area contributed by atoms with Gasteiger partial charge in [0.1, 0.15) is 11.5 Å². The summed E-state index contributed by atoms with van der Waals surface area (Å²) in [6.45, 7) is 2.64. The van der Waals surface area contributed by atoms with Gasteiger partial charge in [-0.1, -0.05) is 18.2 Å². The van der Waals surface area contributed by atoms with Crippen molar-refractivity contribution in [2.24, 2.45) is 5.73 Å². The van der Waals surface area contributed by atoms with Crippen LogP contribution >= 0.6 is 0 Å². The van der Waals surface area contributed by atoms with Gasteiger partial charge in [-0.2, -0.15) is 0 Å². The summed E-state index contributed by atoms with van der Waals surface area (Å²) in [6.07, 6.45) is 1.90. The van der Waals surface area contributed by atoms with Gasteiger partial charge in [0.15, 0.2) is 0 Å². The number of fused-ring (bicyclic) bond motifs is 1. The molecule has 0 saturated heterocycles. The van der Waals surface area contributed by atoms with Gasteiger partial charge in [0.25, 0.3) is 0 Å². The third kappa shape index (κ3) is 2.38. The number of aryl methyl sites for hydroxylation is 1. The summed E-state index contributed by atoms with van der Waals surface area (Å²) in [7, 11) is 1.69. The highest BCUT2D eigenvalue weighted by Crippen LogP contribution is 2.42. The number of methoxy groups -OCH3 is 1. The lowest BCUT2D eigenvalue weighted by Gasteiger charge is -2.27. The molecule has 0 aromatic heterocycles. The molecule has 0 amide bonds. The number of benzene rings is 2. The number of ether oxygens (including phenoxy) is 2. The van der Waals surface area contributed by atoms with E-state index in [2.05, 4.69) is 24.3 Å². The topological polar surface area (TPSA) is 44.5 Å². The van der Waals surface area contributed by atoms with Gasteiger partial charge in [-0.3, -0.25) is 0 Å². The van der Waals surface area contributed by atoms with E-state index in [-0.39, 0.29) is 0 Å². The third-order valence-electron chi connectivity index (χ3n) is 4.25. The minimum absolute atomic E-state index is 0.461. The zero-order valence-corrected chi connectivity index (χ0v) is 12.6. The highest BCUT2D eigenvalue weighted by atomic mass is 16.5. The maximum absolute atomic E-state index is 6.77. The molecule has 21 heavy (non-hydrogen) atoms. The van der Waals surface area contributed by atoms with Crippen molar-refractivity contribution in [3.05, 3.63) is 59.2 Å². The van der Waals surface area contributed by atoms with Gasteiger partial charge >= 0.3 is 0 Å². The SMILES string of the molecule is CCOc1cccc(C2(N)CCc3ccc(OC)cc32)c1. The van der Waals surface area contributed by atoms with Crippen molar-refractivity contribution in [3.8, 4) is 11.5 Å². The van der Waals surface area contributed by atoms with E-state index in [1.165, 1.54) is 5.56 Å². The highest BCUT2D eigenvalue weighted by molar-refractivity contribution is 5.51. The lowest BCUT2D eigenvalue weighted by molar-refractivity contribution is 0.339. The molecule has 0 radical (unpaired) electrons. The molecule has 0 heterocycles. The van der Waals surface area contributed by atoms with E-state index in [1.807, 2.05) is 25.1 Å². The molecular formula is C18H21NO2. The molecule has 0 saturated carbocycles. The van der Waals surface area contributed by atoms with Crippen molar-refractivity contribution < 1.29 is 9.47 Å². The van der Waals surface area contributed by atoms with Gasteiger partial charge in [0, 0.05) is 0 Å². The van der Waals surface area contributed by atoms with Crippen LogP contribution in [0.5, 0.6) is 11.5 Å². The van der Waals surface area contributed by atoms with E-state index < -0.39 is 5.54 Å². The number of nitrogens with two attached hydrogens (primary N) is 1. The molecular weight excluding hydrogens is 262 g/mol. The fraction of sp³-hybridized carbons (Fsp3) is 0.333. The molecule has 1 atom stereocenters. The highest BCUT2D eigenvalue weighted by Gasteiger charge is 2.37. The molecule has 0 bridgehead atoms. The van der Waals surface area contributed by atoms with E-state index in [0.29, 0.717) is 6.61 Å². The lowest BCUT2D eigenvalue weighted by atomic mass is 9.85. The zero-order valence-electron chi connectivity index (χ0n) is 12.6. The fourth-order valence-corrected chi connectivity index (χ4v) is 3.11. The maximum atomic E-state index is 6.77. The second-order valence-corrected chi connectivity index (χ2v) is 5.46. The molecule has 1 unspecified atom stereocenters. The Hall–Kier alpha value is -2.00. The fourth-order valence-electron chi connectivity index (χ4n) is 3.11. The van der Waals surface area contributed by atoms with Crippen LogP contribution in [0.1, 0.15) is 30.0 Å². The molecule has 2 N–H and O–H groups in total. The van der Waals surface area contributed by atoms with Crippen molar-refractivity contribution >= 4 is 0 Å². The summed E-state index contributed by atoms with van der Waals surface area (Å²) in [5, 5.41) is 0. The van der Waals surface area contributed by atoms with E-state index in [4.69, 9.17) is 15.2 Å². The summed E-state index contributed by atoms with van der Waals surface area (Å²) in [4.78, 5) is 0. The summed E-state index contributed by atoms with van der Waals surface area (Å²) >= 11 is 0. The predicted octanol–water partition coefficient (Wildman–Crippen LogP) is 3.24.